The van der Waals surface area contributed by atoms with Crippen LogP contribution >= 0.6 is 11.3 Å². The summed E-state index contributed by atoms with van der Waals surface area (Å²) in [6.07, 6.45) is 1.94. The molecule has 0 radical (unpaired) electrons. The second-order valence-electron chi connectivity index (χ2n) is 8.22. The number of aromatic nitrogens is 1. The summed E-state index contributed by atoms with van der Waals surface area (Å²) in [5.41, 5.74) is 2.18. The zero-order valence-corrected chi connectivity index (χ0v) is 19.1. The molecule has 33 heavy (non-hydrogen) atoms. The van der Waals surface area contributed by atoms with Gasteiger partial charge in [0.15, 0.2) is 0 Å². The number of rotatable bonds is 7. The molecule has 1 atom stereocenters. The molecule has 0 unspecified atom stereocenters. The second-order valence-corrected chi connectivity index (χ2v) is 9.17. The number of nitrogens with zero attached hydrogens (tertiary/aromatic N) is 3. The molecule has 1 aromatic carbocycles. The number of anilines is 1. The molecule has 2 saturated heterocycles. The molecule has 3 aromatic rings. The highest BCUT2D eigenvalue weighted by molar-refractivity contribution is 7.12. The number of thiophene rings is 1. The molecular formula is C24H26FN3O4S. The minimum absolute atomic E-state index is 0.00915. The van der Waals surface area contributed by atoms with Crippen LogP contribution in [-0.2, 0) is 16.0 Å². The molecule has 0 N–H and O–H groups in total. The van der Waals surface area contributed by atoms with Crippen LogP contribution in [-0.4, -0.2) is 61.5 Å². The van der Waals surface area contributed by atoms with E-state index in [4.69, 9.17) is 14.0 Å². The van der Waals surface area contributed by atoms with Gasteiger partial charge in [-0.25, -0.2) is 4.39 Å². The van der Waals surface area contributed by atoms with E-state index >= 15 is 0 Å². The van der Waals surface area contributed by atoms with Gasteiger partial charge in [0, 0.05) is 31.8 Å². The maximum absolute atomic E-state index is 13.6. The predicted octanol–water partition coefficient (Wildman–Crippen LogP) is 4.20. The molecule has 2 aliphatic heterocycles. The van der Waals surface area contributed by atoms with Gasteiger partial charge < -0.3 is 23.8 Å². The smallest absolute Gasteiger partial charge is 0.264 e. The number of benzene rings is 1. The lowest BCUT2D eigenvalue weighted by molar-refractivity contribution is 0.0511. The molecule has 0 saturated carbocycles. The highest BCUT2D eigenvalue weighted by atomic mass is 32.1. The minimum Gasteiger partial charge on any atom is -0.378 e. The quantitative estimate of drug-likeness (QED) is 0.515. The molecule has 0 bridgehead atoms. The van der Waals surface area contributed by atoms with Gasteiger partial charge in [-0.15, -0.1) is 11.3 Å². The number of ether oxygens (including phenoxy) is 2. The molecule has 2 aliphatic rings. The summed E-state index contributed by atoms with van der Waals surface area (Å²) >= 11 is 1.42. The van der Waals surface area contributed by atoms with Crippen molar-refractivity contribution in [1.82, 2.24) is 10.1 Å². The van der Waals surface area contributed by atoms with Crippen molar-refractivity contribution in [3.8, 4) is 11.3 Å². The highest BCUT2D eigenvalue weighted by Crippen LogP contribution is 2.34. The number of carbonyl (C=O) groups excluding carboxylic acids is 1. The zero-order valence-electron chi connectivity index (χ0n) is 18.2. The summed E-state index contributed by atoms with van der Waals surface area (Å²) < 4.78 is 30.7. The first kappa shape index (κ1) is 22.1. The van der Waals surface area contributed by atoms with Gasteiger partial charge in [0.1, 0.15) is 11.5 Å². The number of hydrogen-bond acceptors (Lipinski definition) is 7. The lowest BCUT2D eigenvalue weighted by Gasteiger charge is -2.29. The Morgan fingerprint density at radius 3 is 2.70 bits per heavy atom. The van der Waals surface area contributed by atoms with E-state index < -0.39 is 0 Å². The Morgan fingerprint density at radius 1 is 1.18 bits per heavy atom. The van der Waals surface area contributed by atoms with Crippen molar-refractivity contribution in [3.05, 3.63) is 58.0 Å². The molecule has 4 heterocycles. The maximum Gasteiger partial charge on any atom is 0.264 e. The van der Waals surface area contributed by atoms with Crippen LogP contribution in [0.15, 0.2) is 46.3 Å². The maximum atomic E-state index is 13.6. The first-order valence-corrected chi connectivity index (χ1v) is 12.1. The van der Waals surface area contributed by atoms with Crippen LogP contribution in [0.5, 0.6) is 0 Å². The predicted molar refractivity (Wildman–Crippen MR) is 123 cm³/mol. The monoisotopic (exact) mass is 471 g/mol. The van der Waals surface area contributed by atoms with E-state index in [1.807, 2.05) is 22.4 Å². The number of halogens is 1. The fourth-order valence-corrected chi connectivity index (χ4v) is 4.98. The fraction of sp³-hybridized carbons (Fsp3) is 0.417. The van der Waals surface area contributed by atoms with Crippen molar-refractivity contribution >= 4 is 23.1 Å². The van der Waals surface area contributed by atoms with Crippen molar-refractivity contribution in [2.75, 3.05) is 44.4 Å². The average Bonchev–Trinajstić information content (AvgIpc) is 3.62. The summed E-state index contributed by atoms with van der Waals surface area (Å²) in [5, 5.41) is 6.25. The van der Waals surface area contributed by atoms with Crippen LogP contribution in [0.2, 0.25) is 0 Å². The van der Waals surface area contributed by atoms with Crippen LogP contribution in [0, 0.1) is 5.82 Å². The molecule has 0 spiro atoms. The molecular weight excluding hydrogens is 445 g/mol. The van der Waals surface area contributed by atoms with E-state index in [1.54, 1.807) is 12.1 Å². The second kappa shape index (κ2) is 10.0. The third kappa shape index (κ3) is 4.95. The van der Waals surface area contributed by atoms with Crippen molar-refractivity contribution < 1.29 is 23.2 Å². The van der Waals surface area contributed by atoms with Crippen LogP contribution in [0.25, 0.3) is 11.3 Å². The zero-order chi connectivity index (χ0) is 22.6. The van der Waals surface area contributed by atoms with Gasteiger partial charge in [0.05, 0.1) is 36.3 Å². The van der Waals surface area contributed by atoms with Gasteiger partial charge in [-0.1, -0.05) is 11.2 Å². The molecule has 0 aliphatic carbocycles. The van der Waals surface area contributed by atoms with E-state index in [0.29, 0.717) is 55.8 Å². The Bertz CT molecular complexity index is 1060. The standard InChI is InChI=1S/C24H26FN3O4S/c25-18-7-5-17(6-8-18)22-20(24(32-26-22)27-9-12-30-13-10-27)16-28(15-19-3-1-11-31-19)23(29)21-4-2-14-33-21/h2,4-8,14,19H,1,3,9-13,15-16H2/t19-/m1/s1. The topological polar surface area (TPSA) is 68.0 Å². The first-order valence-electron chi connectivity index (χ1n) is 11.2. The van der Waals surface area contributed by atoms with Crippen molar-refractivity contribution in [2.24, 2.45) is 0 Å². The number of amides is 1. The summed E-state index contributed by atoms with van der Waals surface area (Å²) in [6.45, 7) is 4.08. The first-order chi connectivity index (χ1) is 16.2. The van der Waals surface area contributed by atoms with E-state index in [-0.39, 0.29) is 17.8 Å². The van der Waals surface area contributed by atoms with Crippen LogP contribution < -0.4 is 4.90 Å². The highest BCUT2D eigenvalue weighted by Gasteiger charge is 2.30. The molecule has 9 heteroatoms. The molecule has 1 amide bonds. The van der Waals surface area contributed by atoms with Gasteiger partial charge >= 0.3 is 0 Å². The van der Waals surface area contributed by atoms with E-state index in [1.165, 1.54) is 23.5 Å². The Kier molecular flexibility index (Phi) is 6.70. The molecule has 7 nitrogen and oxygen atoms in total. The number of carbonyl (C=O) groups is 1. The van der Waals surface area contributed by atoms with Crippen molar-refractivity contribution in [2.45, 2.75) is 25.5 Å². The molecule has 2 fully saturated rings. The normalized spacial score (nSPS) is 18.6. The molecule has 174 valence electrons. The van der Waals surface area contributed by atoms with E-state index in [2.05, 4.69) is 10.1 Å². The summed E-state index contributed by atoms with van der Waals surface area (Å²) in [6, 6.07) is 9.90. The average molecular weight is 472 g/mol. The number of morpholine rings is 1. The summed E-state index contributed by atoms with van der Waals surface area (Å²) in [4.78, 5) is 18.0. The third-order valence-corrected chi connectivity index (χ3v) is 6.86. The van der Waals surface area contributed by atoms with Gasteiger partial charge in [0.2, 0.25) is 5.88 Å². The molecule has 2 aromatic heterocycles. The van der Waals surface area contributed by atoms with Crippen LogP contribution in [0.4, 0.5) is 10.3 Å². The Balaban J connectivity index is 1.51. The van der Waals surface area contributed by atoms with Crippen molar-refractivity contribution in [3.63, 3.8) is 0 Å². The van der Waals surface area contributed by atoms with Gasteiger partial charge in [-0.2, -0.15) is 0 Å². The Labute approximate surface area is 195 Å². The van der Waals surface area contributed by atoms with Crippen LogP contribution in [0.1, 0.15) is 28.1 Å². The largest absolute Gasteiger partial charge is 0.378 e. The minimum atomic E-state index is -0.315. The SMILES string of the molecule is O=C(c1cccs1)N(Cc1c(-c2ccc(F)cc2)noc1N1CCOCC1)C[C@H]1CCCO1. The van der Waals surface area contributed by atoms with Gasteiger partial charge in [-0.05, 0) is 48.6 Å². The van der Waals surface area contributed by atoms with E-state index in [0.717, 1.165) is 30.6 Å². The molecule has 5 rings (SSSR count). The summed E-state index contributed by atoms with van der Waals surface area (Å²) in [5.74, 6) is 0.277. The van der Waals surface area contributed by atoms with Gasteiger partial charge in [-0.3, -0.25) is 4.79 Å². The summed E-state index contributed by atoms with van der Waals surface area (Å²) in [7, 11) is 0. The van der Waals surface area contributed by atoms with Crippen LogP contribution in [0.3, 0.4) is 0 Å². The fourth-order valence-electron chi connectivity index (χ4n) is 4.29. The Morgan fingerprint density at radius 2 is 2.00 bits per heavy atom. The third-order valence-electron chi connectivity index (χ3n) is 6.00. The Hall–Kier alpha value is -2.75. The number of hydrogen-bond donors (Lipinski definition) is 0. The van der Waals surface area contributed by atoms with Gasteiger partial charge in [0.25, 0.3) is 5.91 Å². The lowest BCUT2D eigenvalue weighted by atomic mass is 10.1. The van der Waals surface area contributed by atoms with E-state index in [9.17, 15) is 9.18 Å². The van der Waals surface area contributed by atoms with Crippen molar-refractivity contribution in [1.29, 1.82) is 0 Å². The lowest BCUT2D eigenvalue weighted by Crippen LogP contribution is -2.39.